The molecule has 2 aliphatic carbocycles. The van der Waals surface area contributed by atoms with Crippen molar-refractivity contribution in [1.82, 2.24) is 0 Å². The Hall–Kier alpha value is 0.120. The molecule has 0 aromatic heterocycles. The second kappa shape index (κ2) is 12.1. The van der Waals surface area contributed by atoms with Gasteiger partial charge in [-0.1, -0.05) is 80.2 Å². The fourth-order valence-corrected chi connectivity index (χ4v) is 10.0. The molecule has 2 aliphatic rings. The molecule has 0 nitrogen and oxygen atoms in total. The second-order valence-electron chi connectivity index (χ2n) is 7.84. The van der Waals surface area contributed by atoms with Gasteiger partial charge in [0.2, 0.25) is 0 Å². The van der Waals surface area contributed by atoms with Gasteiger partial charge in [-0.2, -0.15) is 20.3 Å². The molecule has 0 spiro atoms. The Morgan fingerprint density at radius 1 is 0.964 bits per heavy atom. The minimum atomic E-state index is -1.44. The van der Waals surface area contributed by atoms with Crippen LogP contribution in [0.15, 0.2) is 48.5 Å². The molecule has 0 unspecified atom stereocenters. The van der Waals surface area contributed by atoms with E-state index in [2.05, 4.69) is 75.5 Å². The van der Waals surface area contributed by atoms with Crippen molar-refractivity contribution in [3.05, 3.63) is 83.6 Å². The predicted octanol–water partition coefficient (Wildman–Crippen LogP) is 8.29. The van der Waals surface area contributed by atoms with Crippen LogP contribution in [0.4, 0.5) is 0 Å². The van der Waals surface area contributed by atoms with Gasteiger partial charge in [0, 0.05) is 8.07 Å². The molecule has 0 saturated carbocycles. The van der Waals surface area contributed by atoms with Crippen molar-refractivity contribution >= 4 is 25.1 Å². The Bertz CT molecular complexity index is 732. The zero-order chi connectivity index (χ0) is 20.0. The predicted molar refractivity (Wildman–Crippen MR) is 126 cm³/mol. The van der Waals surface area contributed by atoms with E-state index in [1.807, 2.05) is 0 Å². The van der Waals surface area contributed by atoms with Gasteiger partial charge in [-0.05, 0) is 29.5 Å². The molecule has 0 heterocycles. The van der Waals surface area contributed by atoms with Crippen LogP contribution in [0.2, 0.25) is 13.1 Å². The fourth-order valence-electron chi connectivity index (χ4n) is 5.21. The van der Waals surface area contributed by atoms with Crippen molar-refractivity contribution in [2.45, 2.75) is 64.7 Å². The molecular weight excluding hydrogens is 478 g/mol. The molecule has 2 atom stereocenters. The zero-order valence-electron chi connectivity index (χ0n) is 16.9. The molecule has 28 heavy (non-hydrogen) atoms. The van der Waals surface area contributed by atoms with E-state index in [-0.39, 0.29) is 7.43 Å². The Kier molecular flexibility index (Phi) is 11.3. The van der Waals surface area contributed by atoms with Crippen molar-refractivity contribution in [3.63, 3.8) is 0 Å². The third-order valence-electron chi connectivity index (χ3n) is 6.10. The summed E-state index contributed by atoms with van der Waals surface area (Å²) < 4.78 is 0. The van der Waals surface area contributed by atoms with E-state index >= 15 is 0 Å². The molecule has 0 aliphatic heterocycles. The number of hydrogen-bond donors (Lipinski definition) is 0. The van der Waals surface area contributed by atoms with E-state index in [0.717, 1.165) is 11.1 Å². The Balaban J connectivity index is 0.000000600. The van der Waals surface area contributed by atoms with Gasteiger partial charge < -0.3 is 12.8 Å². The summed E-state index contributed by atoms with van der Waals surface area (Å²) in [5.74, 6) is 1.71. The molecule has 0 saturated heterocycles. The quantitative estimate of drug-likeness (QED) is 0.280. The summed E-state index contributed by atoms with van der Waals surface area (Å²) in [5, 5.41) is 0. The summed E-state index contributed by atoms with van der Waals surface area (Å²) >= 11 is -0.826. The summed E-state index contributed by atoms with van der Waals surface area (Å²) in [6, 6.07) is 18.4. The van der Waals surface area contributed by atoms with Gasteiger partial charge >= 0.3 is 37.9 Å². The number of hydrogen-bond acceptors (Lipinski definition) is 0. The van der Waals surface area contributed by atoms with Gasteiger partial charge in [-0.15, -0.1) is 5.54 Å². The van der Waals surface area contributed by atoms with E-state index in [0.29, 0.717) is 0 Å². The third-order valence-corrected chi connectivity index (χ3v) is 10.8. The minimum absolute atomic E-state index is 0. The Morgan fingerprint density at radius 2 is 1.46 bits per heavy atom. The average Bonchev–Trinajstić information content (AvgIpc) is 3.24. The van der Waals surface area contributed by atoms with Crippen molar-refractivity contribution in [1.29, 1.82) is 0 Å². The first kappa shape index (κ1) is 26.2. The summed E-state index contributed by atoms with van der Waals surface area (Å²) in [5.41, 5.74) is 8.04. The van der Waals surface area contributed by atoms with Crippen LogP contribution in [0.3, 0.4) is 0 Å². The van der Waals surface area contributed by atoms with E-state index in [4.69, 9.17) is 17.0 Å². The molecule has 0 N–H and O–H groups in total. The fraction of sp³-hybridized carbons (Fsp3) is 0.417. The van der Waals surface area contributed by atoms with Crippen LogP contribution in [0, 0.1) is 12.8 Å². The number of aryl methyl sites for hydroxylation is 1. The van der Waals surface area contributed by atoms with Crippen LogP contribution < -0.4 is 0 Å². The molecule has 0 fully saturated rings. The molecule has 0 amide bonds. The average molecular weight is 513 g/mol. The summed E-state index contributed by atoms with van der Waals surface area (Å²) in [4.78, 5) is 0. The molecule has 152 valence electrons. The maximum atomic E-state index is 4.93. The normalized spacial score (nSPS) is 19.7. The van der Waals surface area contributed by atoms with Gasteiger partial charge in [0.25, 0.3) is 0 Å². The van der Waals surface area contributed by atoms with E-state index in [1.165, 1.54) is 19.3 Å². The zero-order valence-corrected chi connectivity index (χ0v) is 21.8. The second-order valence-corrected chi connectivity index (χ2v) is 16.5. The SMILES string of the molecule is C.C[C-]1Cc2ccccc2[C@H]1[Si](C)(C)[C@H]1CCc2ccccc21.[CH2-]C.[Cl][Zr+2][Cl]. The van der Waals surface area contributed by atoms with Crippen LogP contribution in [0.1, 0.15) is 61.0 Å². The number of benzene rings is 2. The van der Waals surface area contributed by atoms with E-state index in [1.54, 1.807) is 35.1 Å². The molecule has 4 heteroatoms. The van der Waals surface area contributed by atoms with Gasteiger partial charge in [0.05, 0.1) is 0 Å². The topological polar surface area (TPSA) is 0 Å². The van der Waals surface area contributed by atoms with Crippen LogP contribution in [-0.4, -0.2) is 8.07 Å². The van der Waals surface area contributed by atoms with E-state index in [9.17, 15) is 0 Å². The first-order chi connectivity index (χ1) is 13.0. The standard InChI is InChI=1S/C21H25Si.C2H5.CH4.2ClH.Zr/c1-15-14-17-9-5-7-11-19(17)21(15)22(2,3)20-13-12-16-8-4-6-10-18(16)20;1-2;;;;/h4-11,20-21H,12-14H2,1-3H3;1H2,2H3;1H4;2*1H;/q2*-1;;;;+4/p-2/t20-,21-;;;;;/m0...../s1. The first-order valence-electron chi connectivity index (χ1n) is 9.65. The number of rotatable bonds is 2. The molecule has 2 aromatic rings. The van der Waals surface area contributed by atoms with Crippen molar-refractivity contribution < 1.29 is 20.8 Å². The van der Waals surface area contributed by atoms with Crippen LogP contribution in [0.5, 0.6) is 0 Å². The van der Waals surface area contributed by atoms with Gasteiger partial charge in [0.15, 0.2) is 0 Å². The van der Waals surface area contributed by atoms with Crippen LogP contribution in [-0.2, 0) is 33.7 Å². The Morgan fingerprint density at radius 3 is 2.07 bits per heavy atom. The monoisotopic (exact) mass is 510 g/mol. The summed E-state index contributed by atoms with van der Waals surface area (Å²) in [6.07, 6.45) is 3.85. The molecular formula is C24H34Cl2SiZr. The van der Waals surface area contributed by atoms with Gasteiger partial charge in [-0.3, -0.25) is 0 Å². The van der Waals surface area contributed by atoms with Crippen molar-refractivity contribution in [2.24, 2.45) is 0 Å². The van der Waals surface area contributed by atoms with Crippen LogP contribution >= 0.6 is 17.0 Å². The van der Waals surface area contributed by atoms with Crippen LogP contribution in [0.25, 0.3) is 0 Å². The number of fused-ring (bicyclic) bond motifs is 2. The van der Waals surface area contributed by atoms with E-state index < -0.39 is 28.9 Å². The van der Waals surface area contributed by atoms with Crippen molar-refractivity contribution in [2.75, 3.05) is 0 Å². The first-order valence-corrected chi connectivity index (χ1v) is 19.1. The Labute approximate surface area is 193 Å². The molecule has 4 rings (SSSR count). The number of halogens is 2. The molecule has 0 radical (unpaired) electrons. The van der Waals surface area contributed by atoms with Gasteiger partial charge in [0.1, 0.15) is 0 Å². The maximum absolute atomic E-state index is 4.93. The summed E-state index contributed by atoms with van der Waals surface area (Å²) in [7, 11) is 8.43. The molecule has 2 aromatic carbocycles. The third kappa shape index (κ3) is 5.42. The van der Waals surface area contributed by atoms with Crippen molar-refractivity contribution in [3.8, 4) is 0 Å². The van der Waals surface area contributed by atoms with Gasteiger partial charge in [-0.25, -0.2) is 0 Å². The summed E-state index contributed by atoms with van der Waals surface area (Å²) in [6.45, 7) is 12.7. The molecule has 0 bridgehead atoms.